The molecule has 2 saturated carbocycles. The third kappa shape index (κ3) is 2.41. The van der Waals surface area contributed by atoms with Crippen LogP contribution < -0.4 is 5.32 Å². The average molecular weight is 269 g/mol. The summed E-state index contributed by atoms with van der Waals surface area (Å²) in [5, 5.41) is 5.12. The van der Waals surface area contributed by atoms with Crippen molar-refractivity contribution in [2.24, 2.45) is 5.92 Å². The van der Waals surface area contributed by atoms with Crippen LogP contribution in [0.2, 0.25) is 0 Å². The van der Waals surface area contributed by atoms with Crippen LogP contribution in [0.15, 0.2) is 18.5 Å². The van der Waals surface area contributed by atoms with Gasteiger partial charge in [-0.1, -0.05) is 19.3 Å². The van der Waals surface area contributed by atoms with Crippen LogP contribution in [0.25, 0.3) is 11.0 Å². The Morgan fingerprint density at radius 2 is 2.00 bits per heavy atom. The lowest BCUT2D eigenvalue weighted by molar-refractivity contribution is 0.463. The first-order valence-corrected chi connectivity index (χ1v) is 8.11. The van der Waals surface area contributed by atoms with E-state index in [9.17, 15) is 0 Å². The van der Waals surface area contributed by atoms with Gasteiger partial charge in [0, 0.05) is 29.5 Å². The number of nitrogens with zero attached hydrogens (tertiary/aromatic N) is 1. The smallest absolute Gasteiger partial charge is 0.139 e. The van der Waals surface area contributed by atoms with Crippen LogP contribution in [0, 0.1) is 5.92 Å². The number of hydrogen-bond donors (Lipinski definition) is 2. The Balaban J connectivity index is 1.64. The first-order chi connectivity index (χ1) is 9.90. The second kappa shape index (κ2) is 5.12. The van der Waals surface area contributed by atoms with E-state index in [1.165, 1.54) is 68.0 Å². The molecule has 20 heavy (non-hydrogen) atoms. The molecule has 3 nitrogen and oxygen atoms in total. The molecule has 0 atom stereocenters. The van der Waals surface area contributed by atoms with Gasteiger partial charge in [0.1, 0.15) is 5.65 Å². The average Bonchev–Trinajstić information content (AvgIpc) is 3.20. The molecule has 0 spiro atoms. The maximum Gasteiger partial charge on any atom is 0.139 e. The second-order valence-electron chi connectivity index (χ2n) is 6.52. The van der Waals surface area contributed by atoms with Gasteiger partial charge in [-0.05, 0) is 49.7 Å². The Kier molecular flexibility index (Phi) is 3.13. The van der Waals surface area contributed by atoms with E-state index in [1.807, 2.05) is 6.20 Å². The van der Waals surface area contributed by atoms with E-state index in [2.05, 4.69) is 27.5 Å². The van der Waals surface area contributed by atoms with Gasteiger partial charge < -0.3 is 10.3 Å². The topological polar surface area (TPSA) is 40.7 Å². The van der Waals surface area contributed by atoms with Gasteiger partial charge in [0.2, 0.25) is 0 Å². The predicted octanol–water partition coefficient (Wildman–Crippen LogP) is 4.26. The van der Waals surface area contributed by atoms with Crippen LogP contribution in [0.1, 0.15) is 50.5 Å². The molecule has 0 unspecified atom stereocenters. The molecular formula is C17H23N3. The number of nitrogens with one attached hydrogen (secondary N) is 2. The van der Waals surface area contributed by atoms with Crippen LogP contribution in [0.5, 0.6) is 0 Å². The predicted molar refractivity (Wildman–Crippen MR) is 83.0 cm³/mol. The minimum absolute atomic E-state index is 0.651. The molecule has 4 rings (SSSR count). The summed E-state index contributed by atoms with van der Waals surface area (Å²) >= 11 is 0. The summed E-state index contributed by atoms with van der Waals surface area (Å²) < 4.78 is 0. The number of H-pyrrole nitrogens is 1. The van der Waals surface area contributed by atoms with Crippen molar-refractivity contribution in [2.45, 2.75) is 57.4 Å². The van der Waals surface area contributed by atoms with Gasteiger partial charge in [0.15, 0.2) is 0 Å². The Morgan fingerprint density at radius 1 is 1.15 bits per heavy atom. The number of rotatable bonds is 4. The monoisotopic (exact) mass is 269 g/mol. The van der Waals surface area contributed by atoms with Gasteiger partial charge in [0.25, 0.3) is 0 Å². The number of aromatic amines is 1. The standard InChI is InChI=1S/C17H23N3/c1-2-4-14(5-3-1)20-15-8-9-18-17-16(15)13(11-19-17)10-12-6-7-12/h8-9,11-12,14H,1-7,10H2,(H2,18,19,20). The summed E-state index contributed by atoms with van der Waals surface area (Å²) in [5.74, 6) is 0.914. The van der Waals surface area contributed by atoms with E-state index in [0.717, 1.165) is 11.6 Å². The number of aromatic nitrogens is 2. The molecule has 2 N–H and O–H groups in total. The van der Waals surface area contributed by atoms with Gasteiger partial charge in [-0.2, -0.15) is 0 Å². The van der Waals surface area contributed by atoms with Gasteiger partial charge in [-0.25, -0.2) is 4.98 Å². The first kappa shape index (κ1) is 12.2. The molecule has 3 heteroatoms. The zero-order valence-corrected chi connectivity index (χ0v) is 12.0. The zero-order valence-electron chi connectivity index (χ0n) is 12.0. The largest absolute Gasteiger partial charge is 0.382 e. The Bertz CT molecular complexity index is 591. The van der Waals surface area contributed by atoms with Crippen LogP contribution in [-0.4, -0.2) is 16.0 Å². The van der Waals surface area contributed by atoms with Crippen LogP contribution in [0.4, 0.5) is 5.69 Å². The fourth-order valence-corrected chi connectivity index (χ4v) is 3.51. The minimum atomic E-state index is 0.651. The lowest BCUT2D eigenvalue weighted by atomic mass is 9.95. The summed E-state index contributed by atoms with van der Waals surface area (Å²) in [6, 6.07) is 2.80. The highest BCUT2D eigenvalue weighted by Crippen LogP contribution is 2.36. The third-order valence-corrected chi connectivity index (χ3v) is 4.83. The molecule has 2 aliphatic rings. The second-order valence-corrected chi connectivity index (χ2v) is 6.52. The SMILES string of the molecule is c1cc(NC2CCCCC2)c2c(CC3CC3)c[nH]c2n1. The quantitative estimate of drug-likeness (QED) is 0.870. The summed E-state index contributed by atoms with van der Waals surface area (Å²) in [4.78, 5) is 7.84. The van der Waals surface area contributed by atoms with Crippen molar-refractivity contribution in [2.75, 3.05) is 5.32 Å². The van der Waals surface area contributed by atoms with E-state index in [-0.39, 0.29) is 0 Å². The molecule has 2 heterocycles. The molecule has 106 valence electrons. The van der Waals surface area contributed by atoms with Crippen LogP contribution in [-0.2, 0) is 6.42 Å². The molecule has 0 radical (unpaired) electrons. The highest BCUT2D eigenvalue weighted by Gasteiger charge is 2.24. The van der Waals surface area contributed by atoms with Crippen molar-refractivity contribution in [3.8, 4) is 0 Å². The van der Waals surface area contributed by atoms with Crippen molar-refractivity contribution < 1.29 is 0 Å². The van der Waals surface area contributed by atoms with Crippen molar-refractivity contribution >= 4 is 16.7 Å². The van der Waals surface area contributed by atoms with E-state index in [1.54, 1.807) is 0 Å². The van der Waals surface area contributed by atoms with E-state index < -0.39 is 0 Å². The van der Waals surface area contributed by atoms with Crippen molar-refractivity contribution in [3.05, 3.63) is 24.0 Å². The summed E-state index contributed by atoms with van der Waals surface area (Å²) in [6.45, 7) is 0. The maximum atomic E-state index is 4.49. The molecule has 0 aliphatic heterocycles. The molecule has 2 aromatic heterocycles. The normalized spacial score (nSPS) is 20.4. The lowest BCUT2D eigenvalue weighted by Gasteiger charge is -2.24. The molecule has 2 aliphatic carbocycles. The summed E-state index contributed by atoms with van der Waals surface area (Å²) in [7, 11) is 0. The highest BCUT2D eigenvalue weighted by atomic mass is 14.9. The number of pyridine rings is 1. The van der Waals surface area contributed by atoms with E-state index in [0.29, 0.717) is 6.04 Å². The highest BCUT2D eigenvalue weighted by molar-refractivity contribution is 5.92. The van der Waals surface area contributed by atoms with Crippen LogP contribution in [0.3, 0.4) is 0 Å². The fourth-order valence-electron chi connectivity index (χ4n) is 3.51. The maximum absolute atomic E-state index is 4.49. The molecule has 2 fully saturated rings. The van der Waals surface area contributed by atoms with E-state index >= 15 is 0 Å². The molecule has 2 aromatic rings. The fraction of sp³-hybridized carbons (Fsp3) is 0.588. The number of anilines is 1. The van der Waals surface area contributed by atoms with Crippen molar-refractivity contribution in [1.82, 2.24) is 9.97 Å². The van der Waals surface area contributed by atoms with Gasteiger partial charge >= 0.3 is 0 Å². The van der Waals surface area contributed by atoms with Crippen LogP contribution >= 0.6 is 0 Å². The molecule has 0 amide bonds. The van der Waals surface area contributed by atoms with Gasteiger partial charge in [0.05, 0.1) is 0 Å². The minimum Gasteiger partial charge on any atom is -0.382 e. The van der Waals surface area contributed by atoms with Gasteiger partial charge in [-0.15, -0.1) is 0 Å². The Morgan fingerprint density at radius 3 is 2.80 bits per heavy atom. The Labute approximate surface area is 120 Å². The first-order valence-electron chi connectivity index (χ1n) is 8.11. The molecule has 0 aromatic carbocycles. The van der Waals surface area contributed by atoms with Crippen molar-refractivity contribution in [1.29, 1.82) is 0 Å². The van der Waals surface area contributed by atoms with Crippen molar-refractivity contribution in [3.63, 3.8) is 0 Å². The number of fused-ring (bicyclic) bond motifs is 1. The lowest BCUT2D eigenvalue weighted by Crippen LogP contribution is -2.22. The molecule has 0 bridgehead atoms. The van der Waals surface area contributed by atoms with E-state index in [4.69, 9.17) is 0 Å². The molecular weight excluding hydrogens is 246 g/mol. The zero-order chi connectivity index (χ0) is 13.4. The molecule has 0 saturated heterocycles. The summed E-state index contributed by atoms with van der Waals surface area (Å²) in [5.41, 5.74) is 3.79. The number of hydrogen-bond acceptors (Lipinski definition) is 2. The summed E-state index contributed by atoms with van der Waals surface area (Å²) in [6.07, 6.45) is 14.9. The van der Waals surface area contributed by atoms with Gasteiger partial charge in [-0.3, -0.25) is 0 Å². The Hall–Kier alpha value is -1.51. The third-order valence-electron chi connectivity index (χ3n) is 4.83.